The summed E-state index contributed by atoms with van der Waals surface area (Å²) in [7, 11) is 0. The lowest BCUT2D eigenvalue weighted by molar-refractivity contribution is 0.0526. The average Bonchev–Trinajstić information content (AvgIpc) is 2.29. The summed E-state index contributed by atoms with van der Waals surface area (Å²) in [6.07, 6.45) is 1.66. The van der Waals surface area contributed by atoms with Crippen molar-refractivity contribution in [2.45, 2.75) is 6.92 Å². The zero-order chi connectivity index (χ0) is 10.7. The van der Waals surface area contributed by atoms with E-state index in [9.17, 15) is 4.79 Å². The van der Waals surface area contributed by atoms with E-state index < -0.39 is 0 Å². The number of nitrogens with zero attached hydrogens (tertiary/aromatic N) is 1. The van der Waals surface area contributed by atoms with Gasteiger partial charge in [0.1, 0.15) is 18.0 Å². The van der Waals surface area contributed by atoms with Gasteiger partial charge in [-0.05, 0) is 25.1 Å². The molecule has 1 heterocycles. The Morgan fingerprint density at radius 1 is 1.60 bits per heavy atom. The smallest absolute Gasteiger partial charge is 0.338 e. The number of esters is 1. The molecule has 2 rings (SSSR count). The molecule has 1 aromatic rings. The standard InChI is InChI=1S/C11H11NO3/c1-2-14-11(13)8-3-4-10-9(7-8)12-5-6-15-10/h3-5,7H,2,6H2,1H3. The fourth-order valence-corrected chi connectivity index (χ4v) is 1.34. The zero-order valence-corrected chi connectivity index (χ0v) is 8.40. The quantitative estimate of drug-likeness (QED) is 0.693. The Balaban J connectivity index is 2.29. The van der Waals surface area contributed by atoms with Crippen LogP contribution in [0.1, 0.15) is 17.3 Å². The Kier molecular flexibility index (Phi) is 2.67. The van der Waals surface area contributed by atoms with E-state index in [1.54, 1.807) is 31.3 Å². The van der Waals surface area contributed by atoms with Crippen molar-refractivity contribution < 1.29 is 14.3 Å². The van der Waals surface area contributed by atoms with E-state index in [1.807, 2.05) is 0 Å². The molecule has 0 N–H and O–H groups in total. The van der Waals surface area contributed by atoms with Gasteiger partial charge in [0, 0.05) is 6.21 Å². The molecule has 0 saturated carbocycles. The van der Waals surface area contributed by atoms with Crippen LogP contribution in [0.4, 0.5) is 5.69 Å². The zero-order valence-electron chi connectivity index (χ0n) is 8.40. The van der Waals surface area contributed by atoms with Gasteiger partial charge < -0.3 is 9.47 Å². The van der Waals surface area contributed by atoms with Crippen LogP contribution in [-0.4, -0.2) is 25.4 Å². The van der Waals surface area contributed by atoms with Gasteiger partial charge in [-0.15, -0.1) is 0 Å². The van der Waals surface area contributed by atoms with Gasteiger partial charge in [0.05, 0.1) is 12.2 Å². The Hall–Kier alpha value is -1.84. The second-order valence-corrected chi connectivity index (χ2v) is 3.03. The van der Waals surface area contributed by atoms with Crippen LogP contribution in [0.2, 0.25) is 0 Å². The minimum absolute atomic E-state index is 0.332. The Morgan fingerprint density at radius 2 is 2.47 bits per heavy atom. The van der Waals surface area contributed by atoms with Crippen LogP contribution >= 0.6 is 0 Å². The molecule has 1 aliphatic rings. The summed E-state index contributed by atoms with van der Waals surface area (Å²) in [5.41, 5.74) is 1.17. The largest absolute Gasteiger partial charge is 0.486 e. The minimum atomic E-state index is -0.332. The van der Waals surface area contributed by atoms with E-state index in [0.29, 0.717) is 30.2 Å². The lowest BCUT2D eigenvalue weighted by Crippen LogP contribution is -2.06. The highest BCUT2D eigenvalue weighted by molar-refractivity contribution is 5.91. The highest BCUT2D eigenvalue weighted by Gasteiger charge is 2.12. The second-order valence-electron chi connectivity index (χ2n) is 3.03. The number of carbonyl (C=O) groups is 1. The van der Waals surface area contributed by atoms with Gasteiger partial charge in [-0.2, -0.15) is 0 Å². The third-order valence-corrected chi connectivity index (χ3v) is 2.01. The maximum atomic E-state index is 11.4. The van der Waals surface area contributed by atoms with Crippen molar-refractivity contribution in [3.05, 3.63) is 23.8 Å². The molecule has 0 saturated heterocycles. The Morgan fingerprint density at radius 3 is 3.27 bits per heavy atom. The molecular formula is C11H11NO3. The van der Waals surface area contributed by atoms with E-state index in [4.69, 9.17) is 9.47 Å². The lowest BCUT2D eigenvalue weighted by Gasteiger charge is -2.12. The monoisotopic (exact) mass is 205 g/mol. The summed E-state index contributed by atoms with van der Waals surface area (Å²) in [6, 6.07) is 5.08. The van der Waals surface area contributed by atoms with Crippen molar-refractivity contribution in [3.8, 4) is 5.75 Å². The van der Waals surface area contributed by atoms with Crippen LogP contribution in [0.15, 0.2) is 23.2 Å². The van der Waals surface area contributed by atoms with Gasteiger partial charge in [0.25, 0.3) is 0 Å². The summed E-state index contributed by atoms with van der Waals surface area (Å²) in [5, 5.41) is 0. The number of fused-ring (bicyclic) bond motifs is 1. The number of carbonyl (C=O) groups excluding carboxylic acids is 1. The third-order valence-electron chi connectivity index (χ3n) is 2.01. The summed E-state index contributed by atoms with van der Waals surface area (Å²) < 4.78 is 10.2. The van der Waals surface area contributed by atoms with Gasteiger partial charge in [-0.1, -0.05) is 0 Å². The van der Waals surface area contributed by atoms with Crippen molar-refractivity contribution in [2.75, 3.05) is 13.2 Å². The molecule has 1 aromatic carbocycles. The summed E-state index contributed by atoms with van der Waals surface area (Å²) in [5.74, 6) is 0.367. The Labute approximate surface area is 87.5 Å². The Bertz CT molecular complexity index is 412. The molecule has 0 spiro atoms. The minimum Gasteiger partial charge on any atom is -0.486 e. The highest BCUT2D eigenvalue weighted by atomic mass is 16.5. The van der Waals surface area contributed by atoms with Crippen LogP contribution in [-0.2, 0) is 4.74 Å². The molecule has 0 amide bonds. The number of aliphatic imine (C=N–C) groups is 1. The first-order chi connectivity index (χ1) is 7.31. The number of rotatable bonds is 2. The second kappa shape index (κ2) is 4.13. The van der Waals surface area contributed by atoms with Gasteiger partial charge >= 0.3 is 5.97 Å². The molecule has 0 aliphatic carbocycles. The maximum absolute atomic E-state index is 11.4. The van der Waals surface area contributed by atoms with Crippen molar-refractivity contribution >= 4 is 17.9 Å². The van der Waals surface area contributed by atoms with E-state index in [-0.39, 0.29) is 5.97 Å². The molecule has 0 atom stereocenters. The van der Waals surface area contributed by atoms with Crippen LogP contribution < -0.4 is 4.74 Å². The first-order valence-corrected chi connectivity index (χ1v) is 4.77. The molecular weight excluding hydrogens is 194 g/mol. The number of benzene rings is 1. The predicted octanol–water partition coefficient (Wildman–Crippen LogP) is 1.96. The molecule has 0 bridgehead atoms. The van der Waals surface area contributed by atoms with Crippen LogP contribution in [0.3, 0.4) is 0 Å². The molecule has 0 unspecified atom stereocenters. The van der Waals surface area contributed by atoms with E-state index in [1.165, 1.54) is 0 Å². The molecule has 4 nitrogen and oxygen atoms in total. The summed E-state index contributed by atoms with van der Waals surface area (Å²) in [4.78, 5) is 15.6. The third kappa shape index (κ3) is 1.98. The summed E-state index contributed by atoms with van der Waals surface area (Å²) >= 11 is 0. The highest BCUT2D eigenvalue weighted by Crippen LogP contribution is 2.30. The predicted molar refractivity (Wildman–Crippen MR) is 56.0 cm³/mol. The number of hydrogen-bond acceptors (Lipinski definition) is 4. The fraction of sp³-hybridized carbons (Fsp3) is 0.273. The number of hydrogen-bond donors (Lipinski definition) is 0. The van der Waals surface area contributed by atoms with Gasteiger partial charge in [-0.25, -0.2) is 4.79 Å². The maximum Gasteiger partial charge on any atom is 0.338 e. The van der Waals surface area contributed by atoms with Crippen molar-refractivity contribution in [3.63, 3.8) is 0 Å². The van der Waals surface area contributed by atoms with Gasteiger partial charge in [-0.3, -0.25) is 4.99 Å². The van der Waals surface area contributed by atoms with Crippen LogP contribution in [0.5, 0.6) is 5.75 Å². The van der Waals surface area contributed by atoms with Crippen LogP contribution in [0, 0.1) is 0 Å². The summed E-state index contributed by atoms with van der Waals surface area (Å²) in [6.45, 7) is 2.62. The van der Waals surface area contributed by atoms with Gasteiger partial charge in [0.15, 0.2) is 0 Å². The van der Waals surface area contributed by atoms with E-state index >= 15 is 0 Å². The molecule has 0 radical (unpaired) electrons. The average molecular weight is 205 g/mol. The topological polar surface area (TPSA) is 47.9 Å². The van der Waals surface area contributed by atoms with Crippen molar-refractivity contribution in [1.29, 1.82) is 0 Å². The molecule has 0 aromatic heterocycles. The molecule has 78 valence electrons. The van der Waals surface area contributed by atoms with Gasteiger partial charge in [0.2, 0.25) is 0 Å². The van der Waals surface area contributed by atoms with Crippen molar-refractivity contribution in [1.82, 2.24) is 0 Å². The fourth-order valence-electron chi connectivity index (χ4n) is 1.34. The molecule has 1 aliphatic heterocycles. The molecule has 4 heteroatoms. The van der Waals surface area contributed by atoms with E-state index in [0.717, 1.165) is 0 Å². The number of ether oxygens (including phenoxy) is 2. The normalized spacial score (nSPS) is 12.9. The first-order valence-electron chi connectivity index (χ1n) is 4.77. The van der Waals surface area contributed by atoms with E-state index in [2.05, 4.69) is 4.99 Å². The SMILES string of the molecule is CCOC(=O)c1ccc2c(c1)N=CCO2. The molecule has 15 heavy (non-hydrogen) atoms. The lowest BCUT2D eigenvalue weighted by atomic mass is 10.2. The van der Waals surface area contributed by atoms with Crippen molar-refractivity contribution in [2.24, 2.45) is 4.99 Å². The molecule has 0 fully saturated rings. The van der Waals surface area contributed by atoms with Crippen LogP contribution in [0.25, 0.3) is 0 Å². The first kappa shape index (κ1) is 9.71.